The second kappa shape index (κ2) is 6.13. The number of aliphatic hydroxyl groups excluding tert-OH is 1. The van der Waals surface area contributed by atoms with Crippen LogP contribution in [0.1, 0.15) is 29.6 Å². The van der Waals surface area contributed by atoms with Crippen molar-refractivity contribution in [1.82, 2.24) is 5.32 Å². The molecule has 0 unspecified atom stereocenters. The molecule has 0 heterocycles. The second-order valence-corrected chi connectivity index (χ2v) is 5.23. The van der Waals surface area contributed by atoms with E-state index >= 15 is 0 Å². The van der Waals surface area contributed by atoms with E-state index in [-0.39, 0.29) is 17.9 Å². The Morgan fingerprint density at radius 3 is 2.55 bits per heavy atom. The maximum absolute atomic E-state index is 12.1. The number of nitrogens with one attached hydrogen (secondary N) is 1. The van der Waals surface area contributed by atoms with Crippen LogP contribution in [-0.4, -0.2) is 38.4 Å². The monoisotopic (exact) mass is 279 g/mol. The summed E-state index contributed by atoms with van der Waals surface area (Å²) in [4.78, 5) is 12.1. The first kappa shape index (κ1) is 14.7. The highest BCUT2D eigenvalue weighted by atomic mass is 16.5. The third-order valence-corrected chi connectivity index (χ3v) is 3.87. The summed E-state index contributed by atoms with van der Waals surface area (Å²) in [6, 6.07) is 5.09. The van der Waals surface area contributed by atoms with E-state index in [0.717, 1.165) is 19.3 Å². The Morgan fingerprint density at radius 2 is 2.00 bits per heavy atom. The number of hydrogen-bond acceptors (Lipinski definition) is 4. The van der Waals surface area contributed by atoms with Crippen LogP contribution >= 0.6 is 0 Å². The molecule has 110 valence electrons. The van der Waals surface area contributed by atoms with Crippen LogP contribution in [0.4, 0.5) is 0 Å². The van der Waals surface area contributed by atoms with Crippen molar-refractivity contribution in [3.8, 4) is 11.5 Å². The van der Waals surface area contributed by atoms with Crippen LogP contribution in [0.5, 0.6) is 11.5 Å². The van der Waals surface area contributed by atoms with Gasteiger partial charge >= 0.3 is 0 Å². The van der Waals surface area contributed by atoms with Crippen molar-refractivity contribution in [2.24, 2.45) is 5.41 Å². The van der Waals surface area contributed by atoms with Crippen molar-refractivity contribution >= 4 is 5.91 Å². The Kier molecular flexibility index (Phi) is 4.49. The van der Waals surface area contributed by atoms with Crippen molar-refractivity contribution in [2.45, 2.75) is 19.3 Å². The van der Waals surface area contributed by atoms with Crippen LogP contribution in [-0.2, 0) is 0 Å². The Hall–Kier alpha value is -1.75. The molecule has 1 amide bonds. The fraction of sp³-hybridized carbons (Fsp3) is 0.533. The number of ether oxygens (including phenoxy) is 2. The highest BCUT2D eigenvalue weighted by molar-refractivity contribution is 5.94. The number of methoxy groups -OCH3 is 2. The van der Waals surface area contributed by atoms with Crippen molar-refractivity contribution in [1.29, 1.82) is 0 Å². The Balaban J connectivity index is 1.99. The maximum atomic E-state index is 12.1. The summed E-state index contributed by atoms with van der Waals surface area (Å²) in [5, 5.41) is 11.9. The number of carbonyl (C=O) groups is 1. The molecule has 0 bridgehead atoms. The van der Waals surface area contributed by atoms with Crippen molar-refractivity contribution in [2.75, 3.05) is 27.4 Å². The van der Waals surface area contributed by atoms with Crippen LogP contribution in [0.3, 0.4) is 0 Å². The average molecular weight is 279 g/mol. The fourth-order valence-corrected chi connectivity index (χ4v) is 2.28. The molecule has 1 saturated carbocycles. The minimum absolute atomic E-state index is 0.112. The number of amides is 1. The van der Waals surface area contributed by atoms with E-state index in [4.69, 9.17) is 14.6 Å². The van der Waals surface area contributed by atoms with Gasteiger partial charge in [0.1, 0.15) is 0 Å². The molecule has 20 heavy (non-hydrogen) atoms. The summed E-state index contributed by atoms with van der Waals surface area (Å²) in [5.74, 6) is 1.01. The predicted molar refractivity (Wildman–Crippen MR) is 75.2 cm³/mol. The highest BCUT2D eigenvalue weighted by Gasteiger charge is 2.41. The van der Waals surface area contributed by atoms with Gasteiger partial charge in [0.05, 0.1) is 14.2 Å². The Morgan fingerprint density at radius 1 is 1.30 bits per heavy atom. The van der Waals surface area contributed by atoms with Crippen LogP contribution in [0.25, 0.3) is 0 Å². The largest absolute Gasteiger partial charge is 0.493 e. The molecule has 1 aliphatic carbocycles. The molecule has 0 spiro atoms. The Bertz CT molecular complexity index is 483. The van der Waals surface area contributed by atoms with E-state index in [2.05, 4.69) is 5.32 Å². The van der Waals surface area contributed by atoms with Gasteiger partial charge in [-0.25, -0.2) is 0 Å². The SMILES string of the molecule is COc1ccc(C(=O)NCC2(CCO)CC2)cc1OC. The summed E-state index contributed by atoms with van der Waals surface area (Å²) >= 11 is 0. The molecular formula is C15H21NO4. The molecular weight excluding hydrogens is 258 g/mol. The van der Waals surface area contributed by atoms with Gasteiger partial charge in [-0.3, -0.25) is 4.79 Å². The molecule has 0 aromatic heterocycles. The van der Waals surface area contributed by atoms with Crippen molar-refractivity contribution in [3.05, 3.63) is 23.8 Å². The molecule has 2 rings (SSSR count). The first-order valence-corrected chi connectivity index (χ1v) is 6.75. The lowest BCUT2D eigenvalue weighted by Crippen LogP contribution is -2.30. The zero-order valence-electron chi connectivity index (χ0n) is 11.9. The molecule has 5 heteroatoms. The summed E-state index contributed by atoms with van der Waals surface area (Å²) in [6.07, 6.45) is 2.89. The average Bonchev–Trinajstić information content (AvgIpc) is 3.24. The fourth-order valence-electron chi connectivity index (χ4n) is 2.28. The van der Waals surface area contributed by atoms with Gasteiger partial charge in [-0.05, 0) is 42.9 Å². The van der Waals surface area contributed by atoms with Gasteiger partial charge in [0.25, 0.3) is 5.91 Å². The Labute approximate surface area is 118 Å². The zero-order valence-corrected chi connectivity index (χ0v) is 11.9. The van der Waals surface area contributed by atoms with Crippen LogP contribution < -0.4 is 14.8 Å². The molecule has 0 aliphatic heterocycles. The number of benzene rings is 1. The first-order valence-electron chi connectivity index (χ1n) is 6.75. The van der Waals surface area contributed by atoms with E-state index in [1.54, 1.807) is 32.4 Å². The lowest BCUT2D eigenvalue weighted by molar-refractivity contribution is 0.0940. The molecule has 1 aliphatic rings. The van der Waals surface area contributed by atoms with Crippen LogP contribution in [0, 0.1) is 5.41 Å². The smallest absolute Gasteiger partial charge is 0.251 e. The third kappa shape index (κ3) is 3.22. The minimum Gasteiger partial charge on any atom is -0.493 e. The quantitative estimate of drug-likeness (QED) is 0.795. The lowest BCUT2D eigenvalue weighted by Gasteiger charge is -2.15. The maximum Gasteiger partial charge on any atom is 0.251 e. The van der Waals surface area contributed by atoms with Crippen molar-refractivity contribution < 1.29 is 19.4 Å². The lowest BCUT2D eigenvalue weighted by atomic mass is 10.0. The summed E-state index contributed by atoms with van der Waals surface area (Å²) in [7, 11) is 3.10. The van der Waals surface area contributed by atoms with Gasteiger partial charge in [0.2, 0.25) is 0 Å². The van der Waals surface area contributed by atoms with E-state index in [0.29, 0.717) is 23.6 Å². The van der Waals surface area contributed by atoms with Gasteiger partial charge < -0.3 is 19.9 Å². The second-order valence-electron chi connectivity index (χ2n) is 5.23. The molecule has 1 aromatic rings. The van der Waals surface area contributed by atoms with Crippen molar-refractivity contribution in [3.63, 3.8) is 0 Å². The highest BCUT2D eigenvalue weighted by Crippen LogP contribution is 2.47. The topological polar surface area (TPSA) is 67.8 Å². The summed E-state index contributed by atoms with van der Waals surface area (Å²) in [6.45, 7) is 0.785. The van der Waals surface area contributed by atoms with Crippen LogP contribution in [0.15, 0.2) is 18.2 Å². The molecule has 0 atom stereocenters. The first-order chi connectivity index (χ1) is 9.64. The van der Waals surface area contributed by atoms with E-state index < -0.39 is 0 Å². The van der Waals surface area contributed by atoms with Crippen LogP contribution in [0.2, 0.25) is 0 Å². The normalized spacial score (nSPS) is 15.6. The molecule has 1 fully saturated rings. The molecule has 2 N–H and O–H groups in total. The standard InChI is InChI=1S/C15H21NO4/c1-19-12-4-3-11(9-13(12)20-2)14(18)16-10-15(5-6-15)7-8-17/h3-4,9,17H,5-8,10H2,1-2H3,(H,16,18). The molecule has 5 nitrogen and oxygen atoms in total. The molecule has 1 aromatic carbocycles. The van der Waals surface area contributed by atoms with E-state index in [1.807, 2.05) is 0 Å². The number of carbonyl (C=O) groups excluding carboxylic acids is 1. The van der Waals surface area contributed by atoms with E-state index in [9.17, 15) is 4.79 Å². The van der Waals surface area contributed by atoms with Gasteiger partial charge in [0.15, 0.2) is 11.5 Å². The predicted octanol–water partition coefficient (Wildman–Crippen LogP) is 1.60. The molecule has 0 saturated heterocycles. The van der Waals surface area contributed by atoms with Gasteiger partial charge in [-0.2, -0.15) is 0 Å². The number of hydrogen-bond donors (Lipinski definition) is 2. The molecule has 0 radical (unpaired) electrons. The van der Waals surface area contributed by atoms with Gasteiger partial charge in [0, 0.05) is 18.7 Å². The van der Waals surface area contributed by atoms with Gasteiger partial charge in [-0.1, -0.05) is 0 Å². The summed E-state index contributed by atoms with van der Waals surface area (Å²) < 4.78 is 10.3. The zero-order chi connectivity index (χ0) is 14.6. The number of rotatable bonds is 7. The summed E-state index contributed by atoms with van der Waals surface area (Å²) in [5.41, 5.74) is 0.656. The third-order valence-electron chi connectivity index (χ3n) is 3.87. The minimum atomic E-state index is -0.129. The van der Waals surface area contributed by atoms with E-state index in [1.165, 1.54) is 0 Å². The van der Waals surface area contributed by atoms with Gasteiger partial charge in [-0.15, -0.1) is 0 Å². The number of aliphatic hydroxyl groups is 1.